The predicted molar refractivity (Wildman–Crippen MR) is 88.0 cm³/mol. The van der Waals surface area contributed by atoms with Crippen molar-refractivity contribution in [3.63, 3.8) is 0 Å². The zero-order valence-electron chi connectivity index (χ0n) is 10.1. The van der Waals surface area contributed by atoms with Crippen molar-refractivity contribution in [2.75, 3.05) is 5.32 Å². The molecule has 102 valence electrons. The van der Waals surface area contributed by atoms with Gasteiger partial charge in [-0.1, -0.05) is 28.1 Å². The molecule has 2 aromatic rings. The van der Waals surface area contributed by atoms with Crippen molar-refractivity contribution in [3.8, 4) is 6.07 Å². The van der Waals surface area contributed by atoms with Gasteiger partial charge in [-0.3, -0.25) is 0 Å². The second kappa shape index (κ2) is 6.70. The van der Waals surface area contributed by atoms with Gasteiger partial charge in [-0.05, 0) is 50.1 Å². The number of nitrogens with one attached hydrogen (secondary N) is 1. The Morgan fingerprint density at radius 3 is 2.40 bits per heavy atom. The Labute approximate surface area is 141 Å². The monoisotopic (exact) mass is 460 g/mol. The molecule has 0 aliphatic rings. The highest BCUT2D eigenvalue weighted by molar-refractivity contribution is 9.11. The summed E-state index contributed by atoms with van der Waals surface area (Å²) >= 11 is 10.3. The molecule has 20 heavy (non-hydrogen) atoms. The van der Waals surface area contributed by atoms with E-state index in [-0.39, 0.29) is 5.56 Å². The second-order valence-electron chi connectivity index (χ2n) is 3.99. The van der Waals surface area contributed by atoms with Gasteiger partial charge in [-0.15, -0.1) is 0 Å². The number of hydrogen-bond donors (Lipinski definition) is 1. The molecule has 0 spiro atoms. The van der Waals surface area contributed by atoms with Crippen molar-refractivity contribution in [1.82, 2.24) is 0 Å². The molecule has 0 radical (unpaired) electrons. The minimum atomic E-state index is -0.480. The van der Waals surface area contributed by atoms with Crippen molar-refractivity contribution in [1.29, 1.82) is 5.26 Å². The number of halogens is 4. The first-order valence-electron chi connectivity index (χ1n) is 5.59. The van der Waals surface area contributed by atoms with Crippen molar-refractivity contribution < 1.29 is 4.39 Å². The molecule has 6 heteroatoms. The molecule has 0 saturated heterocycles. The molecule has 0 bridgehead atoms. The number of rotatable bonds is 3. The molecule has 0 aliphatic heterocycles. The lowest BCUT2D eigenvalue weighted by Gasteiger charge is -2.12. The van der Waals surface area contributed by atoms with E-state index in [9.17, 15) is 4.39 Å². The van der Waals surface area contributed by atoms with Gasteiger partial charge in [-0.25, -0.2) is 4.39 Å². The normalized spacial score (nSPS) is 10.2. The average Bonchev–Trinajstić information content (AvgIpc) is 2.39. The molecule has 0 heterocycles. The van der Waals surface area contributed by atoms with E-state index in [2.05, 4.69) is 53.1 Å². The van der Waals surface area contributed by atoms with Crippen LogP contribution in [-0.4, -0.2) is 0 Å². The lowest BCUT2D eigenvalue weighted by atomic mass is 10.1. The van der Waals surface area contributed by atoms with Crippen LogP contribution in [0.4, 0.5) is 10.1 Å². The van der Waals surface area contributed by atoms with Crippen LogP contribution in [0, 0.1) is 17.1 Å². The molecule has 0 atom stereocenters. The van der Waals surface area contributed by atoms with E-state index in [1.807, 2.05) is 18.2 Å². The molecule has 2 nitrogen and oxygen atoms in total. The summed E-state index contributed by atoms with van der Waals surface area (Å²) in [5.41, 5.74) is 1.33. The maximum Gasteiger partial charge on any atom is 0.145 e. The molecular formula is C14H8Br3FN2. The summed E-state index contributed by atoms with van der Waals surface area (Å²) in [7, 11) is 0. The fourth-order valence-electron chi connectivity index (χ4n) is 1.70. The van der Waals surface area contributed by atoms with E-state index in [0.29, 0.717) is 12.1 Å². The summed E-state index contributed by atoms with van der Waals surface area (Å²) in [6.07, 6.45) is 0. The molecule has 0 aliphatic carbocycles. The summed E-state index contributed by atoms with van der Waals surface area (Å²) in [6.45, 7) is 0.292. The number of nitrogens with zero attached hydrogens (tertiary/aromatic N) is 1. The summed E-state index contributed by atoms with van der Waals surface area (Å²) in [6, 6.07) is 10.4. The van der Waals surface area contributed by atoms with Gasteiger partial charge >= 0.3 is 0 Å². The van der Waals surface area contributed by atoms with Crippen LogP contribution in [0.2, 0.25) is 0 Å². The summed E-state index contributed by atoms with van der Waals surface area (Å²) in [4.78, 5) is 0. The Morgan fingerprint density at radius 2 is 1.80 bits per heavy atom. The molecular weight excluding hydrogens is 455 g/mol. The topological polar surface area (TPSA) is 35.8 Å². The van der Waals surface area contributed by atoms with E-state index in [4.69, 9.17) is 5.26 Å². The van der Waals surface area contributed by atoms with Gasteiger partial charge in [0, 0.05) is 25.5 Å². The minimum Gasteiger partial charge on any atom is -0.379 e. The molecule has 2 aromatic carbocycles. The summed E-state index contributed by atoms with van der Waals surface area (Å²) in [5.74, 6) is -0.480. The van der Waals surface area contributed by atoms with Crippen molar-refractivity contribution >= 4 is 53.5 Å². The van der Waals surface area contributed by atoms with Gasteiger partial charge in [0.1, 0.15) is 11.9 Å². The van der Waals surface area contributed by atoms with Crippen molar-refractivity contribution in [2.45, 2.75) is 6.54 Å². The first-order valence-corrected chi connectivity index (χ1v) is 7.96. The minimum absolute atomic E-state index is 0.0539. The highest BCUT2D eigenvalue weighted by atomic mass is 79.9. The zero-order chi connectivity index (χ0) is 14.7. The van der Waals surface area contributed by atoms with E-state index in [0.717, 1.165) is 19.1 Å². The lowest BCUT2D eigenvalue weighted by Crippen LogP contribution is -2.04. The first-order chi connectivity index (χ1) is 9.52. The maximum absolute atomic E-state index is 13.9. The van der Waals surface area contributed by atoms with E-state index in [1.54, 1.807) is 12.1 Å². The fourth-order valence-corrected chi connectivity index (χ4v) is 4.24. The molecule has 1 N–H and O–H groups in total. The molecule has 2 rings (SSSR count). The summed E-state index contributed by atoms with van der Waals surface area (Å²) in [5, 5.41) is 12.0. The van der Waals surface area contributed by atoms with Crippen molar-refractivity contribution in [3.05, 3.63) is 60.7 Å². The Hall–Kier alpha value is -0.900. The van der Waals surface area contributed by atoms with E-state index >= 15 is 0 Å². The zero-order valence-corrected chi connectivity index (χ0v) is 14.8. The van der Waals surface area contributed by atoms with Crippen LogP contribution < -0.4 is 5.32 Å². The van der Waals surface area contributed by atoms with Gasteiger partial charge in [-0.2, -0.15) is 5.26 Å². The van der Waals surface area contributed by atoms with Gasteiger partial charge in [0.25, 0.3) is 0 Å². The third kappa shape index (κ3) is 3.40. The van der Waals surface area contributed by atoms with Crippen LogP contribution in [0.1, 0.15) is 11.1 Å². The van der Waals surface area contributed by atoms with Crippen molar-refractivity contribution in [2.24, 2.45) is 0 Å². The highest BCUT2D eigenvalue weighted by Gasteiger charge is 2.10. The number of benzene rings is 2. The maximum atomic E-state index is 13.9. The van der Waals surface area contributed by atoms with Crippen LogP contribution >= 0.6 is 47.8 Å². The molecule has 0 unspecified atom stereocenters. The van der Waals surface area contributed by atoms with Crippen LogP contribution in [0.3, 0.4) is 0 Å². The molecule has 0 saturated carbocycles. The molecule has 0 aromatic heterocycles. The second-order valence-corrected chi connectivity index (χ2v) is 6.61. The Balaban J connectivity index is 2.24. The standard InChI is InChI=1S/C14H8Br3FN2/c15-10-4-11(16)14(12(17)5-10)20-7-9-3-1-2-8(6-19)13(9)18/h1-5,20H,7H2. The number of hydrogen-bond acceptors (Lipinski definition) is 2. The highest BCUT2D eigenvalue weighted by Crippen LogP contribution is 2.34. The van der Waals surface area contributed by atoms with Gasteiger partial charge in [0.15, 0.2) is 0 Å². The van der Waals surface area contributed by atoms with Crippen LogP contribution in [0.25, 0.3) is 0 Å². The van der Waals surface area contributed by atoms with Gasteiger partial charge in [0.2, 0.25) is 0 Å². The quantitative estimate of drug-likeness (QED) is 0.644. The third-order valence-corrected chi connectivity index (χ3v) is 4.37. The van der Waals surface area contributed by atoms with Gasteiger partial charge < -0.3 is 5.32 Å². The Morgan fingerprint density at radius 1 is 1.15 bits per heavy atom. The number of nitriles is 1. The Kier molecular flexibility index (Phi) is 5.19. The van der Waals surface area contributed by atoms with Gasteiger partial charge in [0.05, 0.1) is 11.3 Å². The molecule has 0 amide bonds. The SMILES string of the molecule is N#Cc1cccc(CNc2c(Br)cc(Br)cc2Br)c1F. The van der Waals surface area contributed by atoms with Crippen LogP contribution in [0.15, 0.2) is 43.7 Å². The van der Waals surface area contributed by atoms with E-state index in [1.165, 1.54) is 6.07 Å². The summed E-state index contributed by atoms with van der Waals surface area (Å²) < 4.78 is 16.6. The average molecular weight is 463 g/mol. The van der Waals surface area contributed by atoms with Crippen LogP contribution in [-0.2, 0) is 6.54 Å². The molecule has 0 fully saturated rings. The van der Waals surface area contributed by atoms with Crippen LogP contribution in [0.5, 0.6) is 0 Å². The predicted octanol–water partition coefficient (Wildman–Crippen LogP) is 5.60. The number of anilines is 1. The fraction of sp³-hybridized carbons (Fsp3) is 0.0714. The smallest absolute Gasteiger partial charge is 0.145 e. The Bertz CT molecular complexity index is 672. The largest absolute Gasteiger partial charge is 0.379 e. The lowest BCUT2D eigenvalue weighted by molar-refractivity contribution is 0.609. The van der Waals surface area contributed by atoms with E-state index < -0.39 is 5.82 Å². The third-order valence-electron chi connectivity index (χ3n) is 2.66. The first kappa shape index (κ1) is 15.5.